The highest BCUT2D eigenvalue weighted by atomic mass is 32.1. The van der Waals surface area contributed by atoms with Gasteiger partial charge in [0.2, 0.25) is 4.96 Å². The topological polar surface area (TPSA) is 56.5 Å². The van der Waals surface area contributed by atoms with Crippen LogP contribution in [-0.2, 0) is 6.61 Å². The van der Waals surface area contributed by atoms with Gasteiger partial charge in [0, 0.05) is 5.56 Å². The van der Waals surface area contributed by atoms with Crippen molar-refractivity contribution in [2.24, 2.45) is 0 Å². The third-order valence-electron chi connectivity index (χ3n) is 4.28. The van der Waals surface area contributed by atoms with Crippen LogP contribution in [-0.4, -0.2) is 20.9 Å². The molecule has 0 spiro atoms. The number of rotatable bonds is 5. The molecule has 4 rings (SSSR count). The van der Waals surface area contributed by atoms with Crippen LogP contribution in [0.5, 0.6) is 5.75 Å². The van der Waals surface area contributed by atoms with E-state index in [4.69, 9.17) is 4.74 Å². The fourth-order valence-electron chi connectivity index (χ4n) is 2.73. The summed E-state index contributed by atoms with van der Waals surface area (Å²) in [7, 11) is 0. The number of ether oxygens (including phenoxy) is 1. The number of carbonyl (C=O) groups is 1. The zero-order valence-corrected chi connectivity index (χ0v) is 15.3. The molecule has 5 nitrogen and oxygen atoms in total. The number of fused-ring (bicyclic) bond motifs is 1. The molecule has 2 aromatic heterocycles. The molecule has 0 aliphatic rings. The first-order valence-corrected chi connectivity index (χ1v) is 9.06. The molecule has 4 aromatic rings. The Kier molecular flexibility index (Phi) is 4.26. The van der Waals surface area contributed by atoms with Crippen LogP contribution >= 0.6 is 11.3 Å². The summed E-state index contributed by atoms with van der Waals surface area (Å²) in [6.07, 6.45) is 0.812. The summed E-state index contributed by atoms with van der Waals surface area (Å²) in [5, 5.41) is 5.27. The van der Waals surface area contributed by atoms with Crippen molar-refractivity contribution >= 4 is 22.6 Å². The number of aryl methyl sites for hydroxylation is 2. The lowest BCUT2D eigenvalue weighted by Gasteiger charge is -2.04. The summed E-state index contributed by atoms with van der Waals surface area (Å²) in [6, 6.07) is 15.7. The molecule has 0 N–H and O–H groups in total. The summed E-state index contributed by atoms with van der Waals surface area (Å²) in [5.41, 5.74) is 4.43. The van der Waals surface area contributed by atoms with Gasteiger partial charge in [0.25, 0.3) is 0 Å². The molecule has 0 radical (unpaired) electrons. The Balaban J connectivity index is 1.66. The molecule has 0 fully saturated rings. The van der Waals surface area contributed by atoms with Gasteiger partial charge in [0.1, 0.15) is 23.7 Å². The lowest BCUT2D eigenvalue weighted by Crippen LogP contribution is -1.98. The van der Waals surface area contributed by atoms with Gasteiger partial charge in [-0.3, -0.25) is 4.79 Å². The highest BCUT2D eigenvalue weighted by molar-refractivity contribution is 7.16. The van der Waals surface area contributed by atoms with Gasteiger partial charge < -0.3 is 4.74 Å². The Morgan fingerprint density at radius 1 is 1.12 bits per heavy atom. The Bertz CT molecular complexity index is 1080. The molecule has 130 valence electrons. The van der Waals surface area contributed by atoms with Gasteiger partial charge in [0.05, 0.1) is 0 Å². The third kappa shape index (κ3) is 2.99. The average Bonchev–Trinajstić information content (AvgIpc) is 3.20. The average molecular weight is 363 g/mol. The number of carbonyl (C=O) groups excluding carboxylic acids is 1. The minimum Gasteiger partial charge on any atom is -0.486 e. The number of imidazole rings is 1. The van der Waals surface area contributed by atoms with Crippen molar-refractivity contribution < 1.29 is 9.53 Å². The van der Waals surface area contributed by atoms with E-state index >= 15 is 0 Å². The molecule has 0 atom stereocenters. The first-order chi connectivity index (χ1) is 12.7. The summed E-state index contributed by atoms with van der Waals surface area (Å²) in [6.45, 7) is 4.45. The van der Waals surface area contributed by atoms with Gasteiger partial charge in [-0.15, -0.1) is 0 Å². The maximum Gasteiger partial charge on any atom is 0.213 e. The summed E-state index contributed by atoms with van der Waals surface area (Å²) >= 11 is 1.43. The van der Waals surface area contributed by atoms with Crippen LogP contribution in [0.15, 0.2) is 48.5 Å². The second-order valence-electron chi connectivity index (χ2n) is 6.05. The monoisotopic (exact) mass is 363 g/mol. The van der Waals surface area contributed by atoms with Crippen LogP contribution < -0.4 is 4.74 Å². The van der Waals surface area contributed by atoms with Crippen molar-refractivity contribution in [3.05, 3.63) is 70.4 Å². The largest absolute Gasteiger partial charge is 0.486 e. The predicted octanol–water partition coefficient (Wildman–Crippen LogP) is 4.47. The second-order valence-corrected chi connectivity index (χ2v) is 7.09. The van der Waals surface area contributed by atoms with E-state index in [0.29, 0.717) is 23.0 Å². The summed E-state index contributed by atoms with van der Waals surface area (Å²) in [4.78, 5) is 17.0. The molecule has 0 aliphatic carbocycles. The van der Waals surface area contributed by atoms with E-state index in [0.717, 1.165) is 22.6 Å². The SMILES string of the molecule is Cc1ccc(-c2nc3sc(COc4ccccc4)nn3c2C=O)cc1C. The van der Waals surface area contributed by atoms with Crippen molar-refractivity contribution in [1.29, 1.82) is 0 Å². The van der Waals surface area contributed by atoms with Crippen LogP contribution in [0.25, 0.3) is 16.2 Å². The summed E-state index contributed by atoms with van der Waals surface area (Å²) in [5.74, 6) is 0.784. The Hall–Kier alpha value is -2.99. The van der Waals surface area contributed by atoms with Gasteiger partial charge in [-0.25, -0.2) is 4.98 Å². The Morgan fingerprint density at radius 3 is 2.65 bits per heavy atom. The van der Waals surface area contributed by atoms with Crippen LogP contribution in [0.3, 0.4) is 0 Å². The maximum absolute atomic E-state index is 11.7. The predicted molar refractivity (Wildman–Crippen MR) is 102 cm³/mol. The highest BCUT2D eigenvalue weighted by Crippen LogP contribution is 2.28. The fraction of sp³-hybridized carbons (Fsp3) is 0.150. The van der Waals surface area contributed by atoms with Crippen molar-refractivity contribution in [3.63, 3.8) is 0 Å². The van der Waals surface area contributed by atoms with Crippen LogP contribution in [0, 0.1) is 13.8 Å². The van der Waals surface area contributed by atoms with Crippen LogP contribution in [0.2, 0.25) is 0 Å². The standard InChI is InChI=1S/C20H17N3O2S/c1-13-8-9-15(10-14(13)2)19-17(11-24)23-20(21-19)26-18(22-23)12-25-16-6-4-3-5-7-16/h3-11H,12H2,1-2H3. The number of aromatic nitrogens is 3. The molecule has 26 heavy (non-hydrogen) atoms. The number of nitrogens with zero attached hydrogens (tertiary/aromatic N) is 3. The quantitative estimate of drug-likeness (QED) is 0.491. The minimum absolute atomic E-state index is 0.343. The molecule has 0 unspecified atom stereocenters. The smallest absolute Gasteiger partial charge is 0.213 e. The Morgan fingerprint density at radius 2 is 1.92 bits per heavy atom. The van der Waals surface area contributed by atoms with E-state index in [2.05, 4.69) is 23.9 Å². The van der Waals surface area contributed by atoms with Crippen molar-refractivity contribution in [2.75, 3.05) is 0 Å². The molecule has 0 amide bonds. The molecule has 2 heterocycles. The molecule has 2 aromatic carbocycles. The van der Waals surface area contributed by atoms with Crippen molar-refractivity contribution in [2.45, 2.75) is 20.5 Å². The molecule has 0 aliphatic heterocycles. The lowest BCUT2D eigenvalue weighted by molar-refractivity contribution is 0.111. The maximum atomic E-state index is 11.7. The van der Waals surface area contributed by atoms with Gasteiger partial charge in [-0.2, -0.15) is 9.61 Å². The zero-order chi connectivity index (χ0) is 18.1. The normalized spacial score (nSPS) is 11.0. The second kappa shape index (κ2) is 6.72. The minimum atomic E-state index is 0.343. The summed E-state index contributed by atoms with van der Waals surface area (Å²) < 4.78 is 7.33. The van der Waals surface area contributed by atoms with Crippen molar-refractivity contribution in [1.82, 2.24) is 14.6 Å². The highest BCUT2D eigenvalue weighted by Gasteiger charge is 2.18. The van der Waals surface area contributed by atoms with Gasteiger partial charge >= 0.3 is 0 Å². The fourth-order valence-corrected chi connectivity index (χ4v) is 3.54. The van der Waals surface area contributed by atoms with Crippen molar-refractivity contribution in [3.8, 4) is 17.0 Å². The van der Waals surface area contributed by atoms with E-state index in [1.54, 1.807) is 4.52 Å². The number of hydrogen-bond acceptors (Lipinski definition) is 5. The van der Waals surface area contributed by atoms with Gasteiger partial charge in [-0.05, 0) is 43.2 Å². The van der Waals surface area contributed by atoms with E-state index in [-0.39, 0.29) is 0 Å². The molecule has 0 bridgehead atoms. The third-order valence-corrected chi connectivity index (χ3v) is 5.16. The zero-order valence-electron chi connectivity index (χ0n) is 14.5. The Labute approximate surface area is 154 Å². The van der Waals surface area contributed by atoms with E-state index in [9.17, 15) is 4.79 Å². The number of benzene rings is 2. The van der Waals surface area contributed by atoms with E-state index in [1.165, 1.54) is 22.5 Å². The molecule has 0 saturated heterocycles. The van der Waals surface area contributed by atoms with E-state index < -0.39 is 0 Å². The number of para-hydroxylation sites is 1. The lowest BCUT2D eigenvalue weighted by atomic mass is 10.0. The van der Waals surface area contributed by atoms with Gasteiger partial charge in [-0.1, -0.05) is 41.7 Å². The number of aldehydes is 1. The molecule has 6 heteroatoms. The van der Waals surface area contributed by atoms with E-state index in [1.807, 2.05) is 48.5 Å². The molecule has 0 saturated carbocycles. The van der Waals surface area contributed by atoms with Gasteiger partial charge in [0.15, 0.2) is 11.3 Å². The first-order valence-electron chi connectivity index (χ1n) is 8.25. The number of hydrogen-bond donors (Lipinski definition) is 0. The first kappa shape index (κ1) is 16.5. The van der Waals surface area contributed by atoms with Crippen LogP contribution in [0.1, 0.15) is 26.6 Å². The van der Waals surface area contributed by atoms with Crippen LogP contribution in [0.4, 0.5) is 0 Å². The molecular formula is C20H17N3O2S. The molecular weight excluding hydrogens is 346 g/mol.